The number of fused-ring (bicyclic) bond motifs is 2. The lowest BCUT2D eigenvalue weighted by Crippen LogP contribution is -2.51. The van der Waals surface area contributed by atoms with Crippen molar-refractivity contribution in [2.24, 2.45) is 0 Å². The van der Waals surface area contributed by atoms with Crippen LogP contribution in [0.3, 0.4) is 0 Å². The van der Waals surface area contributed by atoms with Crippen LogP contribution in [0, 0.1) is 11.6 Å². The number of piperazine rings is 1. The SMILES string of the molecule is Nc1ncnc2c1c(-c1ccc3[nH]c(Cc4cc(F)ccc4F)cc3c1)nn2C1CCC(N2CCN(CCCO)CC2)CC1. The molecule has 2 aliphatic rings. The zero-order chi connectivity index (χ0) is 30.2. The number of nitrogens with one attached hydrogen (secondary N) is 1. The average molecular weight is 601 g/mol. The minimum Gasteiger partial charge on any atom is -0.396 e. The summed E-state index contributed by atoms with van der Waals surface area (Å²) >= 11 is 0. The van der Waals surface area contributed by atoms with E-state index in [0.717, 1.165) is 116 Å². The molecule has 9 nitrogen and oxygen atoms in total. The van der Waals surface area contributed by atoms with E-state index >= 15 is 0 Å². The summed E-state index contributed by atoms with van der Waals surface area (Å²) in [5, 5.41) is 16.0. The van der Waals surface area contributed by atoms with E-state index in [1.54, 1.807) is 0 Å². The van der Waals surface area contributed by atoms with Gasteiger partial charge >= 0.3 is 0 Å². The van der Waals surface area contributed by atoms with Crippen LogP contribution in [0.4, 0.5) is 14.6 Å². The van der Waals surface area contributed by atoms with Gasteiger partial charge in [0.2, 0.25) is 0 Å². The molecule has 0 atom stereocenters. The van der Waals surface area contributed by atoms with Gasteiger partial charge in [-0.2, -0.15) is 5.10 Å². The molecule has 0 unspecified atom stereocenters. The van der Waals surface area contributed by atoms with E-state index in [1.807, 2.05) is 24.3 Å². The van der Waals surface area contributed by atoms with Crippen LogP contribution in [0.15, 0.2) is 48.8 Å². The molecule has 4 N–H and O–H groups in total. The monoisotopic (exact) mass is 600 g/mol. The number of hydrogen-bond acceptors (Lipinski definition) is 7. The van der Waals surface area contributed by atoms with Gasteiger partial charge in [-0.25, -0.2) is 23.4 Å². The molecule has 4 heterocycles. The second kappa shape index (κ2) is 12.2. The highest BCUT2D eigenvalue weighted by atomic mass is 19.1. The molecule has 7 rings (SSSR count). The number of aliphatic hydroxyl groups excluding tert-OH is 1. The summed E-state index contributed by atoms with van der Waals surface area (Å²) in [6.45, 7) is 5.53. The number of nitrogens with zero attached hydrogens (tertiary/aromatic N) is 6. The maximum absolute atomic E-state index is 14.3. The Balaban J connectivity index is 1.11. The predicted molar refractivity (Wildman–Crippen MR) is 167 cm³/mol. The summed E-state index contributed by atoms with van der Waals surface area (Å²) in [4.78, 5) is 17.4. The highest BCUT2D eigenvalue weighted by Gasteiger charge is 2.31. The molecule has 0 bridgehead atoms. The third-order valence-electron chi connectivity index (χ3n) is 9.42. The zero-order valence-corrected chi connectivity index (χ0v) is 24.7. The van der Waals surface area contributed by atoms with Crippen molar-refractivity contribution in [2.45, 2.75) is 50.6 Å². The lowest BCUT2D eigenvalue weighted by molar-refractivity contribution is 0.0680. The molecule has 0 spiro atoms. The highest BCUT2D eigenvalue weighted by molar-refractivity contribution is 6.00. The fourth-order valence-corrected chi connectivity index (χ4v) is 7.09. The van der Waals surface area contributed by atoms with Gasteiger partial charge in [0, 0.05) is 74.0 Å². The van der Waals surface area contributed by atoms with E-state index < -0.39 is 11.6 Å². The standard InChI is InChI=1S/C33H38F2N8O/c34-24-3-8-28(35)22(17-24)18-25-19-23-16-21(2-9-29(23)39-25)31-30-32(36)37-20-38-33(30)43(40-31)27-6-4-26(5-7-27)42-13-11-41(12-14-42)10-1-15-44/h2-3,8-9,16-17,19-20,26-27,39,44H,1,4-7,10-15,18H2,(H2,36,37,38). The van der Waals surface area contributed by atoms with Crippen LogP contribution in [0.5, 0.6) is 0 Å². The zero-order valence-electron chi connectivity index (χ0n) is 24.7. The normalized spacial score (nSPS) is 20.2. The van der Waals surface area contributed by atoms with Gasteiger partial charge in [0.05, 0.1) is 11.4 Å². The van der Waals surface area contributed by atoms with Crippen molar-refractivity contribution < 1.29 is 13.9 Å². The Morgan fingerprint density at radius 3 is 2.52 bits per heavy atom. The van der Waals surface area contributed by atoms with Gasteiger partial charge in [0.1, 0.15) is 29.5 Å². The van der Waals surface area contributed by atoms with Gasteiger partial charge in [-0.05, 0) is 74.1 Å². The molecule has 1 saturated heterocycles. The number of nitrogens with two attached hydrogens (primary N) is 1. The summed E-state index contributed by atoms with van der Waals surface area (Å²) < 4.78 is 30.1. The van der Waals surface area contributed by atoms with E-state index in [9.17, 15) is 8.78 Å². The first-order valence-corrected chi connectivity index (χ1v) is 15.6. The van der Waals surface area contributed by atoms with E-state index in [2.05, 4.69) is 29.4 Å². The summed E-state index contributed by atoms with van der Waals surface area (Å²) in [5.41, 5.74) is 10.8. The van der Waals surface area contributed by atoms with Crippen molar-refractivity contribution in [1.82, 2.24) is 34.5 Å². The molecule has 2 fully saturated rings. The van der Waals surface area contributed by atoms with Crippen LogP contribution in [0.2, 0.25) is 0 Å². The van der Waals surface area contributed by atoms with Crippen LogP contribution >= 0.6 is 0 Å². The number of halogens is 2. The highest BCUT2D eigenvalue weighted by Crippen LogP contribution is 2.38. The number of aromatic amines is 1. The summed E-state index contributed by atoms with van der Waals surface area (Å²) in [6.07, 6.45) is 6.88. The number of nitrogen functional groups attached to an aromatic ring is 1. The van der Waals surface area contributed by atoms with E-state index in [1.165, 1.54) is 12.4 Å². The van der Waals surface area contributed by atoms with Gasteiger partial charge in [-0.15, -0.1) is 0 Å². The Morgan fingerprint density at radius 1 is 0.932 bits per heavy atom. The number of H-pyrrole nitrogens is 1. The third-order valence-corrected chi connectivity index (χ3v) is 9.42. The van der Waals surface area contributed by atoms with Crippen LogP contribution in [0.1, 0.15) is 49.4 Å². The fraction of sp³-hybridized carbons (Fsp3) is 0.424. The molecule has 5 aromatic rings. The second-order valence-electron chi connectivity index (χ2n) is 12.2. The summed E-state index contributed by atoms with van der Waals surface area (Å²) in [7, 11) is 0. The molecule has 2 aromatic carbocycles. The molecule has 230 valence electrons. The molecule has 3 aromatic heterocycles. The van der Waals surface area contributed by atoms with Gasteiger partial charge in [-0.3, -0.25) is 4.90 Å². The molecule has 11 heteroatoms. The van der Waals surface area contributed by atoms with Gasteiger partial charge in [0.15, 0.2) is 5.65 Å². The average Bonchev–Trinajstić information content (AvgIpc) is 3.64. The number of aliphatic hydroxyl groups is 1. The lowest BCUT2D eigenvalue weighted by Gasteiger charge is -2.42. The van der Waals surface area contributed by atoms with Gasteiger partial charge < -0.3 is 20.7 Å². The molecule has 0 radical (unpaired) electrons. The maximum Gasteiger partial charge on any atom is 0.164 e. The Bertz CT molecular complexity index is 1770. The van der Waals surface area contributed by atoms with Crippen molar-refractivity contribution in [1.29, 1.82) is 0 Å². The molecule has 1 saturated carbocycles. The van der Waals surface area contributed by atoms with Crippen molar-refractivity contribution in [2.75, 3.05) is 45.1 Å². The van der Waals surface area contributed by atoms with E-state index in [-0.39, 0.29) is 19.1 Å². The van der Waals surface area contributed by atoms with Gasteiger partial charge in [0.25, 0.3) is 0 Å². The van der Waals surface area contributed by atoms with E-state index in [4.69, 9.17) is 15.9 Å². The Hall–Kier alpha value is -3.93. The lowest BCUT2D eigenvalue weighted by atomic mass is 9.90. The number of aromatic nitrogens is 5. The first-order chi connectivity index (χ1) is 21.5. The van der Waals surface area contributed by atoms with Crippen LogP contribution in [0.25, 0.3) is 33.2 Å². The van der Waals surface area contributed by atoms with E-state index in [0.29, 0.717) is 17.4 Å². The Morgan fingerprint density at radius 2 is 1.73 bits per heavy atom. The number of anilines is 1. The predicted octanol–water partition coefficient (Wildman–Crippen LogP) is 4.91. The third kappa shape index (κ3) is 5.67. The first kappa shape index (κ1) is 28.8. The number of benzene rings is 2. The number of hydrogen-bond donors (Lipinski definition) is 3. The molecule has 1 aliphatic carbocycles. The minimum absolute atomic E-state index is 0.228. The topological polar surface area (TPSA) is 112 Å². The molecular weight excluding hydrogens is 562 g/mol. The van der Waals surface area contributed by atoms with Crippen molar-refractivity contribution in [3.05, 3.63) is 71.7 Å². The van der Waals surface area contributed by atoms with Crippen LogP contribution in [-0.2, 0) is 6.42 Å². The molecule has 1 aliphatic heterocycles. The minimum atomic E-state index is -0.455. The number of rotatable bonds is 8. The fourth-order valence-electron chi connectivity index (χ4n) is 7.09. The maximum atomic E-state index is 14.3. The summed E-state index contributed by atoms with van der Waals surface area (Å²) in [5.74, 6) is -0.479. The molecule has 0 amide bonds. The summed E-state index contributed by atoms with van der Waals surface area (Å²) in [6, 6.07) is 12.3. The van der Waals surface area contributed by atoms with Crippen molar-refractivity contribution in [3.63, 3.8) is 0 Å². The van der Waals surface area contributed by atoms with Gasteiger partial charge in [-0.1, -0.05) is 6.07 Å². The molecule has 44 heavy (non-hydrogen) atoms. The van der Waals surface area contributed by atoms with Crippen molar-refractivity contribution >= 4 is 27.8 Å². The Labute approximate surface area is 254 Å². The van der Waals surface area contributed by atoms with Crippen LogP contribution < -0.4 is 5.73 Å². The van der Waals surface area contributed by atoms with Crippen LogP contribution in [-0.4, -0.2) is 85.0 Å². The largest absolute Gasteiger partial charge is 0.396 e. The quantitative estimate of drug-likeness (QED) is 0.232. The second-order valence-corrected chi connectivity index (χ2v) is 12.2. The smallest absolute Gasteiger partial charge is 0.164 e. The molecular formula is C33H38F2N8O. The first-order valence-electron chi connectivity index (χ1n) is 15.6. The van der Waals surface area contributed by atoms with Crippen molar-refractivity contribution in [3.8, 4) is 11.3 Å². The Kier molecular flexibility index (Phi) is 8.00.